The molecule has 0 bridgehead atoms. The van der Waals surface area contributed by atoms with Crippen molar-refractivity contribution >= 4 is 5.78 Å². The summed E-state index contributed by atoms with van der Waals surface area (Å²) < 4.78 is 5.35. The lowest BCUT2D eigenvalue weighted by molar-refractivity contribution is 0.0831. The molecule has 0 spiro atoms. The van der Waals surface area contributed by atoms with Crippen LogP contribution in [-0.4, -0.2) is 5.78 Å². The molecule has 0 radical (unpaired) electrons. The molecular formula is C12H18O2. The van der Waals surface area contributed by atoms with Crippen LogP contribution in [-0.2, 0) is 0 Å². The molecule has 0 saturated carbocycles. The van der Waals surface area contributed by atoms with E-state index in [1.54, 1.807) is 0 Å². The predicted molar refractivity (Wildman–Crippen MR) is 56.6 cm³/mol. The summed E-state index contributed by atoms with van der Waals surface area (Å²) in [7, 11) is 0. The second-order valence-electron chi connectivity index (χ2n) is 4.39. The maximum absolute atomic E-state index is 12.1. The van der Waals surface area contributed by atoms with Gasteiger partial charge in [0, 0.05) is 5.41 Å². The summed E-state index contributed by atoms with van der Waals surface area (Å²) in [5.41, 5.74) is 0.440. The molecule has 2 nitrogen and oxygen atoms in total. The van der Waals surface area contributed by atoms with Gasteiger partial charge in [-0.3, -0.25) is 4.79 Å². The molecule has 0 fully saturated rings. The second kappa shape index (κ2) is 3.60. The molecule has 0 unspecified atom stereocenters. The lowest BCUT2D eigenvalue weighted by Crippen LogP contribution is -2.23. The third-order valence-electron chi connectivity index (χ3n) is 2.78. The summed E-state index contributed by atoms with van der Waals surface area (Å²) in [5.74, 6) is 1.71. The van der Waals surface area contributed by atoms with Gasteiger partial charge in [0.05, 0.1) is 5.56 Å². The molecule has 0 N–H and O–H groups in total. The Bertz CT molecular complexity index is 345. The van der Waals surface area contributed by atoms with Crippen molar-refractivity contribution in [3.63, 3.8) is 0 Å². The van der Waals surface area contributed by atoms with Gasteiger partial charge in [0.1, 0.15) is 11.5 Å². The van der Waals surface area contributed by atoms with E-state index in [4.69, 9.17) is 4.42 Å². The van der Waals surface area contributed by atoms with Crippen LogP contribution in [0.2, 0.25) is 0 Å². The molecule has 2 heteroatoms. The first-order chi connectivity index (χ1) is 6.38. The topological polar surface area (TPSA) is 30.2 Å². The predicted octanol–water partition coefficient (Wildman–Crippen LogP) is 3.52. The fourth-order valence-electron chi connectivity index (χ4n) is 1.38. The SMILES string of the molecule is CCC(C)(C)C(=O)c1cc(C)oc1C. The van der Waals surface area contributed by atoms with Crippen LogP contribution >= 0.6 is 0 Å². The van der Waals surface area contributed by atoms with E-state index in [1.165, 1.54) is 0 Å². The van der Waals surface area contributed by atoms with Gasteiger partial charge in [0.25, 0.3) is 0 Å². The van der Waals surface area contributed by atoms with E-state index in [9.17, 15) is 4.79 Å². The van der Waals surface area contributed by atoms with E-state index in [1.807, 2.05) is 40.7 Å². The molecule has 1 rings (SSSR count). The van der Waals surface area contributed by atoms with E-state index in [0.717, 1.165) is 23.5 Å². The first-order valence-corrected chi connectivity index (χ1v) is 5.00. The molecular weight excluding hydrogens is 176 g/mol. The van der Waals surface area contributed by atoms with Gasteiger partial charge < -0.3 is 4.42 Å². The van der Waals surface area contributed by atoms with Crippen LogP contribution in [0, 0.1) is 19.3 Å². The highest BCUT2D eigenvalue weighted by Crippen LogP contribution is 2.28. The zero-order valence-corrected chi connectivity index (χ0v) is 9.60. The second-order valence-corrected chi connectivity index (χ2v) is 4.39. The van der Waals surface area contributed by atoms with Gasteiger partial charge >= 0.3 is 0 Å². The maximum atomic E-state index is 12.1. The highest BCUT2D eigenvalue weighted by atomic mass is 16.3. The normalized spacial score (nSPS) is 11.8. The number of carbonyl (C=O) groups is 1. The highest BCUT2D eigenvalue weighted by Gasteiger charge is 2.28. The Labute approximate surface area is 85.3 Å². The van der Waals surface area contributed by atoms with Gasteiger partial charge in [-0.2, -0.15) is 0 Å². The van der Waals surface area contributed by atoms with Crippen molar-refractivity contribution in [2.75, 3.05) is 0 Å². The first-order valence-electron chi connectivity index (χ1n) is 5.00. The van der Waals surface area contributed by atoms with Crippen molar-refractivity contribution < 1.29 is 9.21 Å². The number of Topliss-reactive ketones (excluding diaryl/α,β-unsaturated/α-hetero) is 1. The fourth-order valence-corrected chi connectivity index (χ4v) is 1.38. The Morgan fingerprint density at radius 2 is 2.00 bits per heavy atom. The van der Waals surface area contributed by atoms with Crippen LogP contribution < -0.4 is 0 Å². The Balaban J connectivity index is 3.06. The van der Waals surface area contributed by atoms with Gasteiger partial charge in [0.15, 0.2) is 5.78 Å². The van der Waals surface area contributed by atoms with Crippen LogP contribution in [0.4, 0.5) is 0 Å². The highest BCUT2D eigenvalue weighted by molar-refractivity contribution is 6.00. The molecule has 1 heterocycles. The minimum atomic E-state index is -0.291. The Hall–Kier alpha value is -1.05. The van der Waals surface area contributed by atoms with E-state index in [2.05, 4.69) is 0 Å². The van der Waals surface area contributed by atoms with Crippen molar-refractivity contribution in [3.05, 3.63) is 23.2 Å². The Kier molecular flexibility index (Phi) is 2.84. The lowest BCUT2D eigenvalue weighted by atomic mass is 9.82. The minimum Gasteiger partial charge on any atom is -0.466 e. The standard InChI is InChI=1S/C12H18O2/c1-6-12(4,5)11(13)10-7-8(2)14-9(10)3/h7H,6H2,1-5H3. The number of hydrogen-bond acceptors (Lipinski definition) is 2. The average molecular weight is 194 g/mol. The number of aryl methyl sites for hydroxylation is 2. The van der Waals surface area contributed by atoms with E-state index >= 15 is 0 Å². The van der Waals surface area contributed by atoms with Crippen molar-refractivity contribution in [1.82, 2.24) is 0 Å². The van der Waals surface area contributed by atoms with E-state index in [0.29, 0.717) is 0 Å². The summed E-state index contributed by atoms with van der Waals surface area (Å²) in [6.07, 6.45) is 0.843. The fraction of sp³-hybridized carbons (Fsp3) is 0.583. The average Bonchev–Trinajstić information content (AvgIpc) is 2.44. The third kappa shape index (κ3) is 1.89. The summed E-state index contributed by atoms with van der Waals surface area (Å²) in [6, 6.07) is 1.83. The van der Waals surface area contributed by atoms with Crippen molar-refractivity contribution in [2.24, 2.45) is 5.41 Å². The Morgan fingerprint density at radius 1 is 1.43 bits per heavy atom. The van der Waals surface area contributed by atoms with Crippen molar-refractivity contribution in [2.45, 2.75) is 41.0 Å². The zero-order valence-electron chi connectivity index (χ0n) is 9.60. The quantitative estimate of drug-likeness (QED) is 0.689. The molecule has 78 valence electrons. The van der Waals surface area contributed by atoms with Crippen molar-refractivity contribution in [1.29, 1.82) is 0 Å². The first kappa shape index (κ1) is 11.0. The molecule has 0 aliphatic heterocycles. The number of ketones is 1. The van der Waals surface area contributed by atoms with Crippen LogP contribution in [0.15, 0.2) is 10.5 Å². The van der Waals surface area contributed by atoms with Crippen LogP contribution in [0.5, 0.6) is 0 Å². The van der Waals surface area contributed by atoms with E-state index < -0.39 is 0 Å². The molecule has 1 aromatic heterocycles. The zero-order chi connectivity index (χ0) is 10.9. The number of hydrogen-bond donors (Lipinski definition) is 0. The van der Waals surface area contributed by atoms with Gasteiger partial charge in [-0.25, -0.2) is 0 Å². The minimum absolute atomic E-state index is 0.175. The summed E-state index contributed by atoms with van der Waals surface area (Å²) in [4.78, 5) is 12.1. The van der Waals surface area contributed by atoms with Crippen LogP contribution in [0.1, 0.15) is 49.1 Å². The smallest absolute Gasteiger partial charge is 0.171 e. The summed E-state index contributed by atoms with van der Waals surface area (Å²) in [6.45, 7) is 9.67. The van der Waals surface area contributed by atoms with Gasteiger partial charge in [0.2, 0.25) is 0 Å². The Morgan fingerprint density at radius 3 is 2.36 bits per heavy atom. The number of rotatable bonds is 3. The molecule has 0 amide bonds. The molecule has 14 heavy (non-hydrogen) atoms. The van der Waals surface area contributed by atoms with Crippen molar-refractivity contribution in [3.8, 4) is 0 Å². The molecule has 1 aromatic rings. The maximum Gasteiger partial charge on any atom is 0.171 e. The molecule has 0 aromatic carbocycles. The van der Waals surface area contributed by atoms with Crippen LogP contribution in [0.3, 0.4) is 0 Å². The van der Waals surface area contributed by atoms with Crippen LogP contribution in [0.25, 0.3) is 0 Å². The van der Waals surface area contributed by atoms with E-state index in [-0.39, 0.29) is 11.2 Å². The van der Waals surface area contributed by atoms with Gasteiger partial charge in [-0.05, 0) is 26.3 Å². The van der Waals surface area contributed by atoms with Gasteiger partial charge in [-0.15, -0.1) is 0 Å². The van der Waals surface area contributed by atoms with Gasteiger partial charge in [-0.1, -0.05) is 20.8 Å². The molecule has 0 atom stereocenters. The number of furan rings is 1. The molecule has 0 aliphatic carbocycles. The number of carbonyl (C=O) groups excluding carboxylic acids is 1. The third-order valence-corrected chi connectivity index (χ3v) is 2.78. The lowest BCUT2D eigenvalue weighted by Gasteiger charge is -2.20. The largest absolute Gasteiger partial charge is 0.466 e. The summed E-state index contributed by atoms with van der Waals surface area (Å²) in [5, 5.41) is 0. The monoisotopic (exact) mass is 194 g/mol. The molecule has 0 aliphatic rings. The summed E-state index contributed by atoms with van der Waals surface area (Å²) >= 11 is 0. The molecule has 0 saturated heterocycles.